The number of rotatable bonds is 6. The first-order valence-electron chi connectivity index (χ1n) is 6.41. The minimum atomic E-state index is 0.169. The van der Waals surface area contributed by atoms with Crippen molar-refractivity contribution in [2.24, 2.45) is 5.92 Å². The molecule has 1 rings (SSSR count). The first-order chi connectivity index (χ1) is 7.77. The fourth-order valence-corrected chi connectivity index (χ4v) is 1.89. The summed E-state index contributed by atoms with van der Waals surface area (Å²) in [5.41, 5.74) is 2.99. The van der Waals surface area contributed by atoms with E-state index in [9.17, 15) is 4.79 Å². The summed E-state index contributed by atoms with van der Waals surface area (Å²) in [6.07, 6.45) is 4.22. The highest BCUT2D eigenvalue weighted by Gasteiger charge is 2.19. The maximum Gasteiger partial charge on any atom is 0.237 e. The van der Waals surface area contributed by atoms with Crippen molar-refractivity contribution in [3.05, 3.63) is 0 Å². The fraction of sp³-hybridized carbons (Fsp3) is 0.917. The zero-order valence-electron chi connectivity index (χ0n) is 10.5. The topological polar surface area (TPSA) is 41.6 Å². The number of hydrazine groups is 1. The van der Waals surface area contributed by atoms with E-state index in [1.54, 1.807) is 0 Å². The molecule has 1 fully saturated rings. The Kier molecular flexibility index (Phi) is 6.42. The Morgan fingerprint density at radius 1 is 1.38 bits per heavy atom. The number of morpholine rings is 1. The second-order valence-corrected chi connectivity index (χ2v) is 4.32. The van der Waals surface area contributed by atoms with Crippen molar-refractivity contribution in [1.29, 1.82) is 0 Å². The Bertz CT molecular complexity index is 203. The van der Waals surface area contributed by atoms with Gasteiger partial charge in [-0.05, 0) is 12.8 Å². The van der Waals surface area contributed by atoms with Crippen LogP contribution in [0.25, 0.3) is 0 Å². The van der Waals surface area contributed by atoms with Gasteiger partial charge in [0, 0.05) is 19.0 Å². The van der Waals surface area contributed by atoms with Gasteiger partial charge in [0.1, 0.15) is 0 Å². The monoisotopic (exact) mass is 228 g/mol. The lowest BCUT2D eigenvalue weighted by molar-refractivity contribution is -0.132. The average molecular weight is 228 g/mol. The van der Waals surface area contributed by atoms with Gasteiger partial charge in [0.05, 0.1) is 13.2 Å². The molecule has 0 spiro atoms. The molecule has 0 saturated carbocycles. The predicted octanol–water partition coefficient (Wildman–Crippen LogP) is 1.57. The van der Waals surface area contributed by atoms with Crippen molar-refractivity contribution in [2.45, 2.75) is 39.5 Å². The second kappa shape index (κ2) is 7.63. The third-order valence-electron chi connectivity index (χ3n) is 3.05. The molecule has 1 aliphatic rings. The van der Waals surface area contributed by atoms with Gasteiger partial charge in [0.2, 0.25) is 5.91 Å². The van der Waals surface area contributed by atoms with Gasteiger partial charge >= 0.3 is 0 Å². The number of nitrogens with zero attached hydrogens (tertiary/aromatic N) is 1. The number of nitrogens with one attached hydrogen (secondary N) is 1. The summed E-state index contributed by atoms with van der Waals surface area (Å²) in [6.45, 7) is 7.27. The van der Waals surface area contributed by atoms with Gasteiger partial charge in [0.15, 0.2) is 0 Å². The highest BCUT2D eigenvalue weighted by atomic mass is 16.5. The Hall–Kier alpha value is -0.610. The largest absolute Gasteiger partial charge is 0.379 e. The summed E-state index contributed by atoms with van der Waals surface area (Å²) >= 11 is 0. The molecule has 4 heteroatoms. The summed E-state index contributed by atoms with van der Waals surface area (Å²) in [5.74, 6) is 0.348. The first kappa shape index (κ1) is 13.5. The summed E-state index contributed by atoms with van der Waals surface area (Å²) in [6, 6.07) is 0. The lowest BCUT2D eigenvalue weighted by atomic mass is 9.99. The molecule has 0 bridgehead atoms. The SMILES string of the molecule is CCCC[C@H](CC)C(=O)NN1CCOCC1. The lowest BCUT2D eigenvalue weighted by Gasteiger charge is -2.28. The van der Waals surface area contributed by atoms with Crippen molar-refractivity contribution in [2.75, 3.05) is 26.3 Å². The number of hydrogen-bond acceptors (Lipinski definition) is 3. The molecule has 0 aliphatic carbocycles. The second-order valence-electron chi connectivity index (χ2n) is 4.32. The number of carbonyl (C=O) groups is 1. The van der Waals surface area contributed by atoms with E-state index >= 15 is 0 Å². The molecule has 0 aromatic carbocycles. The van der Waals surface area contributed by atoms with Crippen LogP contribution in [-0.2, 0) is 9.53 Å². The van der Waals surface area contributed by atoms with Gasteiger partial charge in [-0.1, -0.05) is 26.7 Å². The van der Waals surface area contributed by atoms with Crippen LogP contribution in [0.1, 0.15) is 39.5 Å². The van der Waals surface area contributed by atoms with Crippen molar-refractivity contribution < 1.29 is 9.53 Å². The summed E-state index contributed by atoms with van der Waals surface area (Å²) in [7, 11) is 0. The van der Waals surface area contributed by atoms with Crippen LogP contribution in [0.3, 0.4) is 0 Å². The Morgan fingerprint density at radius 2 is 2.06 bits per heavy atom. The lowest BCUT2D eigenvalue weighted by Crippen LogP contribution is -2.50. The molecule has 1 amide bonds. The molecular weight excluding hydrogens is 204 g/mol. The van der Waals surface area contributed by atoms with Crippen LogP contribution in [0.2, 0.25) is 0 Å². The molecule has 1 heterocycles. The van der Waals surface area contributed by atoms with Gasteiger partial charge in [-0.3, -0.25) is 10.2 Å². The van der Waals surface area contributed by atoms with Gasteiger partial charge in [-0.25, -0.2) is 5.01 Å². The smallest absolute Gasteiger partial charge is 0.237 e. The van der Waals surface area contributed by atoms with Gasteiger partial charge < -0.3 is 4.74 Å². The van der Waals surface area contributed by atoms with Gasteiger partial charge in [-0.15, -0.1) is 0 Å². The van der Waals surface area contributed by atoms with E-state index in [-0.39, 0.29) is 11.8 Å². The quantitative estimate of drug-likeness (QED) is 0.750. The highest BCUT2D eigenvalue weighted by molar-refractivity contribution is 5.78. The van der Waals surface area contributed by atoms with Crippen LogP contribution in [0.5, 0.6) is 0 Å². The van der Waals surface area contributed by atoms with Crippen molar-refractivity contribution in [3.63, 3.8) is 0 Å². The van der Waals surface area contributed by atoms with Crippen LogP contribution in [0.4, 0.5) is 0 Å². The van der Waals surface area contributed by atoms with E-state index in [0.29, 0.717) is 13.2 Å². The third-order valence-corrected chi connectivity index (χ3v) is 3.05. The number of hydrogen-bond donors (Lipinski definition) is 1. The number of unbranched alkanes of at least 4 members (excludes halogenated alkanes) is 1. The van der Waals surface area contributed by atoms with Crippen molar-refractivity contribution >= 4 is 5.91 Å². The van der Waals surface area contributed by atoms with Crippen molar-refractivity contribution in [3.8, 4) is 0 Å². The normalized spacial score (nSPS) is 19.4. The number of amides is 1. The van der Waals surface area contributed by atoms with Crippen LogP contribution >= 0.6 is 0 Å². The van der Waals surface area contributed by atoms with E-state index < -0.39 is 0 Å². The van der Waals surface area contributed by atoms with Gasteiger partial charge in [-0.2, -0.15) is 0 Å². The minimum Gasteiger partial charge on any atom is -0.379 e. The zero-order valence-corrected chi connectivity index (χ0v) is 10.5. The Balaban J connectivity index is 2.29. The summed E-state index contributed by atoms with van der Waals surface area (Å²) in [5, 5.41) is 1.97. The maximum atomic E-state index is 12.0. The molecule has 94 valence electrons. The highest BCUT2D eigenvalue weighted by Crippen LogP contribution is 2.12. The fourth-order valence-electron chi connectivity index (χ4n) is 1.89. The maximum absolute atomic E-state index is 12.0. The molecule has 16 heavy (non-hydrogen) atoms. The van der Waals surface area contributed by atoms with Crippen LogP contribution in [-0.4, -0.2) is 37.2 Å². The Labute approximate surface area is 98.3 Å². The number of ether oxygens (including phenoxy) is 1. The third kappa shape index (κ3) is 4.49. The number of carbonyl (C=O) groups excluding carboxylic acids is 1. The van der Waals surface area contributed by atoms with Crippen LogP contribution in [0.15, 0.2) is 0 Å². The molecular formula is C12H24N2O2. The molecule has 0 unspecified atom stereocenters. The summed E-state index contributed by atoms with van der Waals surface area (Å²) < 4.78 is 5.24. The molecule has 4 nitrogen and oxygen atoms in total. The van der Waals surface area contributed by atoms with Crippen LogP contribution < -0.4 is 5.43 Å². The predicted molar refractivity (Wildman–Crippen MR) is 63.8 cm³/mol. The Morgan fingerprint density at radius 3 is 2.62 bits per heavy atom. The molecule has 0 aromatic rings. The molecule has 1 saturated heterocycles. The molecule has 1 atom stereocenters. The zero-order chi connectivity index (χ0) is 11.8. The summed E-state index contributed by atoms with van der Waals surface area (Å²) in [4.78, 5) is 12.0. The average Bonchev–Trinajstić information content (AvgIpc) is 2.31. The van der Waals surface area contributed by atoms with E-state index in [0.717, 1.165) is 38.8 Å². The van der Waals surface area contributed by atoms with Gasteiger partial charge in [0.25, 0.3) is 0 Å². The molecule has 1 aliphatic heterocycles. The first-order valence-corrected chi connectivity index (χ1v) is 6.41. The van der Waals surface area contributed by atoms with E-state index in [4.69, 9.17) is 4.74 Å². The van der Waals surface area contributed by atoms with Crippen LogP contribution in [0, 0.1) is 5.92 Å². The molecule has 0 aromatic heterocycles. The minimum absolute atomic E-state index is 0.169. The van der Waals surface area contributed by atoms with E-state index in [1.807, 2.05) is 5.01 Å². The van der Waals surface area contributed by atoms with Crippen molar-refractivity contribution in [1.82, 2.24) is 10.4 Å². The standard InChI is InChI=1S/C12H24N2O2/c1-3-5-6-11(4-2)12(15)13-14-7-9-16-10-8-14/h11H,3-10H2,1-2H3,(H,13,15)/t11-/m0/s1. The molecule has 0 radical (unpaired) electrons. The molecule has 1 N–H and O–H groups in total. The van der Waals surface area contributed by atoms with E-state index in [2.05, 4.69) is 19.3 Å². The van der Waals surface area contributed by atoms with E-state index in [1.165, 1.54) is 0 Å².